The fourth-order valence-corrected chi connectivity index (χ4v) is 4.33. The molecule has 0 saturated carbocycles. The summed E-state index contributed by atoms with van der Waals surface area (Å²) in [6.45, 7) is 6.52. The number of aromatic amines is 1. The minimum absolute atomic E-state index is 0.189. The summed E-state index contributed by atoms with van der Waals surface area (Å²) < 4.78 is 0.828. The van der Waals surface area contributed by atoms with E-state index >= 15 is 0 Å². The summed E-state index contributed by atoms with van der Waals surface area (Å²) in [7, 11) is 2.17. The summed E-state index contributed by atoms with van der Waals surface area (Å²) in [5.41, 5.74) is 2.12. The first kappa shape index (κ1) is 20.6. The number of likely N-dealkylation sites (N-methyl/N-ethyl adjacent to an activating group) is 1. The van der Waals surface area contributed by atoms with Gasteiger partial charge in [0.15, 0.2) is 0 Å². The molecule has 1 aromatic heterocycles. The maximum absolute atomic E-state index is 12.1. The molecule has 2 aromatic carbocycles. The fraction of sp³-hybridized carbons (Fsp3) is 0.304. The van der Waals surface area contributed by atoms with Crippen LogP contribution in [-0.4, -0.2) is 53.4 Å². The number of hydrogen-bond donors (Lipinski definition) is 2. The van der Waals surface area contributed by atoms with Crippen LogP contribution in [0.2, 0.25) is 0 Å². The lowest BCUT2D eigenvalue weighted by Gasteiger charge is -2.43. The summed E-state index contributed by atoms with van der Waals surface area (Å²) in [4.78, 5) is 23.9. The van der Waals surface area contributed by atoms with Gasteiger partial charge in [-0.2, -0.15) is 0 Å². The molecule has 0 radical (unpaired) electrons. The van der Waals surface area contributed by atoms with E-state index in [1.54, 1.807) is 18.3 Å². The number of hydrogen-bond acceptors (Lipinski definition) is 5. The molecule has 4 rings (SSSR count). The van der Waals surface area contributed by atoms with Crippen LogP contribution in [0, 0.1) is 0 Å². The van der Waals surface area contributed by atoms with Gasteiger partial charge < -0.3 is 10.0 Å². The molecule has 30 heavy (non-hydrogen) atoms. The van der Waals surface area contributed by atoms with Gasteiger partial charge in [-0.3, -0.25) is 19.7 Å². The van der Waals surface area contributed by atoms with E-state index in [9.17, 15) is 9.90 Å². The minimum atomic E-state index is -0.327. The number of aromatic nitrogens is 1. The van der Waals surface area contributed by atoms with Crippen molar-refractivity contribution in [1.29, 1.82) is 0 Å². The third kappa shape index (κ3) is 4.00. The Morgan fingerprint density at radius 1 is 1.10 bits per heavy atom. The molecule has 1 aliphatic rings. The van der Waals surface area contributed by atoms with Crippen LogP contribution in [0.5, 0.6) is 5.88 Å². The Balaban J connectivity index is 1.61. The van der Waals surface area contributed by atoms with E-state index in [1.807, 2.05) is 18.2 Å². The van der Waals surface area contributed by atoms with Gasteiger partial charge >= 0.3 is 0 Å². The number of benzene rings is 2. The topological polar surface area (TPSA) is 71.9 Å². The summed E-state index contributed by atoms with van der Waals surface area (Å²) in [6, 6.07) is 14.4. The number of piperazine rings is 1. The van der Waals surface area contributed by atoms with Crippen LogP contribution in [0.1, 0.15) is 19.4 Å². The Kier molecular flexibility index (Phi) is 5.66. The molecule has 3 aromatic rings. The third-order valence-corrected chi connectivity index (χ3v) is 6.32. The molecule has 0 spiro atoms. The number of H-pyrrole nitrogens is 1. The van der Waals surface area contributed by atoms with Gasteiger partial charge in [-0.1, -0.05) is 15.9 Å². The zero-order chi connectivity index (χ0) is 21.4. The van der Waals surface area contributed by atoms with Gasteiger partial charge in [0.2, 0.25) is 5.88 Å². The van der Waals surface area contributed by atoms with Crippen molar-refractivity contribution in [1.82, 2.24) is 9.88 Å². The zero-order valence-corrected chi connectivity index (χ0v) is 18.8. The van der Waals surface area contributed by atoms with Crippen molar-refractivity contribution in [3.63, 3.8) is 0 Å². The van der Waals surface area contributed by atoms with Gasteiger partial charge in [-0.15, -0.1) is 0 Å². The van der Waals surface area contributed by atoms with E-state index < -0.39 is 0 Å². The van der Waals surface area contributed by atoms with Crippen LogP contribution in [-0.2, 0) is 0 Å². The molecule has 2 N–H and O–H groups in total. The maximum Gasteiger partial charge on any atom is 0.258 e. The smallest absolute Gasteiger partial charge is 0.258 e. The molecule has 0 aliphatic carbocycles. The zero-order valence-electron chi connectivity index (χ0n) is 17.3. The first-order valence-corrected chi connectivity index (χ1v) is 10.8. The van der Waals surface area contributed by atoms with Crippen LogP contribution in [0.25, 0.3) is 10.8 Å². The summed E-state index contributed by atoms with van der Waals surface area (Å²) >= 11 is 3.42. The molecule has 0 unspecified atom stereocenters. The summed E-state index contributed by atoms with van der Waals surface area (Å²) in [6.07, 6.45) is 1.59. The van der Waals surface area contributed by atoms with Gasteiger partial charge in [0.1, 0.15) is 0 Å². The molecule has 7 heteroatoms. The van der Waals surface area contributed by atoms with E-state index in [0.29, 0.717) is 28.4 Å². The molecule has 1 aliphatic heterocycles. The lowest BCUT2D eigenvalue weighted by atomic mass is 10.1. The molecule has 6 nitrogen and oxygen atoms in total. The number of aromatic hydroxyl groups is 1. The lowest BCUT2D eigenvalue weighted by molar-refractivity contribution is 0.206. The molecule has 1 fully saturated rings. The largest absolute Gasteiger partial charge is 0.494 e. The molecule has 156 valence electrons. The second-order valence-electron chi connectivity index (χ2n) is 7.97. The Hall–Kier alpha value is -2.64. The number of nitrogens with zero attached hydrogens (tertiary/aromatic N) is 3. The highest BCUT2D eigenvalue weighted by atomic mass is 79.9. The molecule has 2 atom stereocenters. The summed E-state index contributed by atoms with van der Waals surface area (Å²) in [5.74, 6) is -0.189. The number of aliphatic imine (C=N–C) groups is 1. The monoisotopic (exact) mass is 468 g/mol. The Morgan fingerprint density at radius 3 is 2.57 bits per heavy atom. The standard InChI is InChI=1S/C23H25BrN4O2/c1-14-13-28(15(2)12-27(14)3)18-7-5-17(6-8-18)25-11-21-20-10-16(24)4-9-19(20)22(29)26-23(21)30/h4-11,14-15H,12-13H2,1-3H3,(H2,26,29,30)/t14-,15-/m1/s1. The van der Waals surface area contributed by atoms with Crippen molar-refractivity contribution in [2.24, 2.45) is 4.99 Å². The normalized spacial score (nSPS) is 20.3. The van der Waals surface area contributed by atoms with Gasteiger partial charge in [0.05, 0.1) is 11.3 Å². The van der Waals surface area contributed by atoms with Gasteiger partial charge in [0, 0.05) is 52.3 Å². The SMILES string of the molecule is C[C@@H]1CN(c2ccc(N=Cc3c(O)[nH]c(=O)c4ccc(Br)cc34)cc2)[C@H](C)CN1C. The Labute approximate surface area is 184 Å². The quantitative estimate of drug-likeness (QED) is 0.562. The van der Waals surface area contributed by atoms with Crippen molar-refractivity contribution in [3.8, 4) is 5.88 Å². The number of fused-ring (bicyclic) bond motifs is 1. The van der Waals surface area contributed by atoms with Gasteiger partial charge in [-0.05, 0) is 63.4 Å². The highest BCUT2D eigenvalue weighted by Gasteiger charge is 2.26. The van der Waals surface area contributed by atoms with Gasteiger partial charge in [-0.25, -0.2) is 0 Å². The second-order valence-corrected chi connectivity index (χ2v) is 8.89. The molecule has 1 saturated heterocycles. The van der Waals surface area contributed by atoms with E-state index in [4.69, 9.17) is 0 Å². The molecule has 0 amide bonds. The van der Waals surface area contributed by atoms with Crippen LogP contribution < -0.4 is 10.5 Å². The van der Waals surface area contributed by atoms with E-state index in [0.717, 1.165) is 23.2 Å². The average Bonchev–Trinajstić information content (AvgIpc) is 2.71. The fourth-order valence-electron chi connectivity index (χ4n) is 3.97. The maximum atomic E-state index is 12.1. The van der Waals surface area contributed by atoms with E-state index in [-0.39, 0.29) is 11.4 Å². The van der Waals surface area contributed by atoms with Crippen LogP contribution in [0.15, 0.2) is 56.7 Å². The number of pyridine rings is 1. The van der Waals surface area contributed by atoms with Crippen molar-refractivity contribution in [3.05, 3.63) is 62.9 Å². The Bertz CT molecular complexity index is 1160. The van der Waals surface area contributed by atoms with Crippen LogP contribution in [0.4, 0.5) is 11.4 Å². The molecular weight excluding hydrogens is 444 g/mol. The number of rotatable bonds is 3. The first-order chi connectivity index (χ1) is 14.3. The van der Waals surface area contributed by atoms with Crippen molar-refractivity contribution >= 4 is 44.3 Å². The first-order valence-electron chi connectivity index (χ1n) is 9.99. The van der Waals surface area contributed by atoms with Gasteiger partial charge in [0.25, 0.3) is 5.56 Å². The number of halogens is 1. The van der Waals surface area contributed by atoms with E-state index in [2.05, 4.69) is 68.7 Å². The van der Waals surface area contributed by atoms with Crippen molar-refractivity contribution in [2.75, 3.05) is 25.0 Å². The highest BCUT2D eigenvalue weighted by molar-refractivity contribution is 9.10. The van der Waals surface area contributed by atoms with E-state index in [1.165, 1.54) is 5.69 Å². The third-order valence-electron chi connectivity index (χ3n) is 5.83. The van der Waals surface area contributed by atoms with Crippen LogP contribution >= 0.6 is 15.9 Å². The van der Waals surface area contributed by atoms with Crippen LogP contribution in [0.3, 0.4) is 0 Å². The lowest BCUT2D eigenvalue weighted by Crippen LogP contribution is -2.55. The number of nitrogens with one attached hydrogen (secondary N) is 1. The second kappa shape index (κ2) is 8.24. The highest BCUT2D eigenvalue weighted by Crippen LogP contribution is 2.27. The van der Waals surface area contributed by atoms with Crippen molar-refractivity contribution in [2.45, 2.75) is 25.9 Å². The number of anilines is 1. The molecule has 0 bridgehead atoms. The summed E-state index contributed by atoms with van der Waals surface area (Å²) in [5, 5.41) is 11.4. The molecule has 2 heterocycles. The Morgan fingerprint density at radius 2 is 1.83 bits per heavy atom. The molecular formula is C23H25BrN4O2. The average molecular weight is 469 g/mol. The predicted molar refractivity (Wildman–Crippen MR) is 127 cm³/mol. The minimum Gasteiger partial charge on any atom is -0.494 e. The predicted octanol–water partition coefficient (Wildman–Crippen LogP) is 4.28. The van der Waals surface area contributed by atoms with Crippen molar-refractivity contribution < 1.29 is 5.11 Å².